The van der Waals surface area contributed by atoms with E-state index in [1.54, 1.807) is 32.0 Å². The lowest BCUT2D eigenvalue weighted by Gasteiger charge is -2.15. The molecule has 2 rings (SSSR count). The first-order valence-corrected chi connectivity index (χ1v) is 8.16. The maximum atomic E-state index is 11.6. The number of aromatic nitrogens is 1. The van der Waals surface area contributed by atoms with Crippen LogP contribution in [0, 0.1) is 0 Å². The molecule has 5 nitrogen and oxygen atoms in total. The second-order valence-corrected chi connectivity index (χ2v) is 5.81. The molecule has 1 aromatic carbocycles. The number of carbonyl (C=O) groups is 1. The van der Waals surface area contributed by atoms with Crippen LogP contribution in [-0.4, -0.2) is 23.7 Å². The van der Waals surface area contributed by atoms with Crippen LogP contribution in [0.15, 0.2) is 30.5 Å². The van der Waals surface area contributed by atoms with Gasteiger partial charge in [0, 0.05) is 12.3 Å². The molecule has 1 aromatic heterocycles. The Balaban J connectivity index is 2.12. The molecule has 0 saturated heterocycles. The van der Waals surface area contributed by atoms with Gasteiger partial charge in [-0.05, 0) is 32.0 Å². The van der Waals surface area contributed by atoms with E-state index in [2.05, 4.69) is 4.98 Å². The summed E-state index contributed by atoms with van der Waals surface area (Å²) < 4.78 is 15.9. The molecule has 0 N–H and O–H groups in total. The average Bonchev–Trinajstić information content (AvgIpc) is 2.54. The van der Waals surface area contributed by atoms with Crippen molar-refractivity contribution in [3.05, 3.63) is 45.5 Å². The number of carbonyl (C=O) groups excluding carboxylic acids is 1. The van der Waals surface area contributed by atoms with E-state index in [4.69, 9.17) is 49.0 Å². The molecule has 0 saturated carbocycles. The Morgan fingerprint density at radius 2 is 1.96 bits per heavy atom. The molecule has 8 heteroatoms. The molecule has 128 valence electrons. The number of ether oxygens (including phenoxy) is 3. The third-order valence-corrected chi connectivity index (χ3v) is 3.92. The summed E-state index contributed by atoms with van der Waals surface area (Å²) in [5, 5.41) is 0.796. The summed E-state index contributed by atoms with van der Waals surface area (Å²) in [6.45, 7) is 3.58. The van der Waals surface area contributed by atoms with E-state index in [9.17, 15) is 4.79 Å². The van der Waals surface area contributed by atoms with Gasteiger partial charge in [-0.1, -0.05) is 34.8 Å². The Hall–Kier alpha value is -1.69. The molecule has 0 fully saturated rings. The minimum absolute atomic E-state index is 0.161. The van der Waals surface area contributed by atoms with Gasteiger partial charge in [0.2, 0.25) is 5.88 Å². The Kier molecular flexibility index (Phi) is 6.54. The molecule has 0 aliphatic rings. The van der Waals surface area contributed by atoms with Gasteiger partial charge in [0.25, 0.3) is 0 Å². The van der Waals surface area contributed by atoms with Crippen molar-refractivity contribution in [1.82, 2.24) is 4.98 Å². The fourth-order valence-corrected chi connectivity index (χ4v) is 2.23. The summed E-state index contributed by atoms with van der Waals surface area (Å²) in [5.74, 6) is 0.417. The SMILES string of the molecule is CCOC(=O)C(C)Oc1ccc(Oc2nccc(Cl)c2Cl)cc1Cl. The second-order valence-electron chi connectivity index (χ2n) is 4.62. The summed E-state index contributed by atoms with van der Waals surface area (Å²) >= 11 is 18.1. The highest BCUT2D eigenvalue weighted by Crippen LogP contribution is 2.35. The molecule has 1 heterocycles. The molecule has 2 aromatic rings. The largest absolute Gasteiger partial charge is 0.477 e. The first-order chi connectivity index (χ1) is 11.4. The minimum Gasteiger partial charge on any atom is -0.477 e. The molecule has 0 amide bonds. The van der Waals surface area contributed by atoms with Crippen molar-refractivity contribution >= 4 is 40.8 Å². The summed E-state index contributed by atoms with van der Waals surface area (Å²) in [6, 6.07) is 6.26. The first-order valence-electron chi connectivity index (χ1n) is 7.03. The van der Waals surface area contributed by atoms with Gasteiger partial charge in [0.05, 0.1) is 16.7 Å². The quantitative estimate of drug-likeness (QED) is 0.637. The Labute approximate surface area is 154 Å². The number of benzene rings is 1. The van der Waals surface area contributed by atoms with Gasteiger partial charge in [-0.15, -0.1) is 0 Å². The lowest BCUT2D eigenvalue weighted by molar-refractivity contribution is -0.150. The number of nitrogens with zero attached hydrogens (tertiary/aromatic N) is 1. The van der Waals surface area contributed by atoms with E-state index in [-0.39, 0.29) is 22.5 Å². The van der Waals surface area contributed by atoms with Crippen molar-refractivity contribution in [2.24, 2.45) is 0 Å². The van der Waals surface area contributed by atoms with Crippen molar-refractivity contribution in [2.75, 3.05) is 6.61 Å². The summed E-state index contributed by atoms with van der Waals surface area (Å²) in [5.41, 5.74) is 0. The zero-order chi connectivity index (χ0) is 17.7. The van der Waals surface area contributed by atoms with E-state index >= 15 is 0 Å². The third kappa shape index (κ3) is 4.66. The lowest BCUT2D eigenvalue weighted by atomic mass is 10.3. The standard InChI is InChI=1S/C16H14Cl3NO4/c1-3-22-16(21)9(2)23-13-5-4-10(8-12(13)18)24-15-14(19)11(17)6-7-20-15/h4-9H,3H2,1-2H3. The van der Waals surface area contributed by atoms with E-state index in [1.807, 2.05) is 0 Å². The summed E-state index contributed by atoms with van der Waals surface area (Å²) in [6.07, 6.45) is 0.696. The molecule has 0 aliphatic heterocycles. The number of halogens is 3. The Bertz CT molecular complexity index is 739. The van der Waals surface area contributed by atoms with Crippen LogP contribution in [0.25, 0.3) is 0 Å². The average molecular weight is 391 g/mol. The molecule has 24 heavy (non-hydrogen) atoms. The maximum Gasteiger partial charge on any atom is 0.347 e. The van der Waals surface area contributed by atoms with Crippen LogP contribution in [0.4, 0.5) is 0 Å². The lowest BCUT2D eigenvalue weighted by Crippen LogP contribution is -2.26. The van der Waals surface area contributed by atoms with Crippen molar-refractivity contribution < 1.29 is 19.0 Å². The first kappa shape index (κ1) is 18.6. The van der Waals surface area contributed by atoms with Gasteiger partial charge < -0.3 is 14.2 Å². The maximum absolute atomic E-state index is 11.6. The third-order valence-electron chi connectivity index (χ3n) is 2.85. The van der Waals surface area contributed by atoms with Crippen LogP contribution in [0.3, 0.4) is 0 Å². The van der Waals surface area contributed by atoms with Gasteiger partial charge in [-0.25, -0.2) is 9.78 Å². The van der Waals surface area contributed by atoms with Gasteiger partial charge >= 0.3 is 5.97 Å². The van der Waals surface area contributed by atoms with E-state index in [0.29, 0.717) is 16.5 Å². The van der Waals surface area contributed by atoms with Crippen LogP contribution >= 0.6 is 34.8 Å². The van der Waals surface area contributed by atoms with Crippen LogP contribution in [0.1, 0.15) is 13.8 Å². The van der Waals surface area contributed by atoms with Crippen molar-refractivity contribution in [3.63, 3.8) is 0 Å². The van der Waals surface area contributed by atoms with Crippen molar-refractivity contribution in [2.45, 2.75) is 20.0 Å². The van der Waals surface area contributed by atoms with Gasteiger partial charge in [-0.3, -0.25) is 0 Å². The van der Waals surface area contributed by atoms with Crippen LogP contribution in [-0.2, 0) is 9.53 Å². The Morgan fingerprint density at radius 1 is 1.21 bits per heavy atom. The van der Waals surface area contributed by atoms with Gasteiger partial charge in [0.15, 0.2) is 6.10 Å². The van der Waals surface area contributed by atoms with Crippen molar-refractivity contribution in [3.8, 4) is 17.4 Å². The molecule has 0 aliphatic carbocycles. The smallest absolute Gasteiger partial charge is 0.347 e. The zero-order valence-electron chi connectivity index (χ0n) is 12.9. The van der Waals surface area contributed by atoms with Crippen LogP contribution in [0.5, 0.6) is 17.4 Å². The van der Waals surface area contributed by atoms with Crippen LogP contribution < -0.4 is 9.47 Å². The van der Waals surface area contributed by atoms with E-state index in [0.717, 1.165) is 0 Å². The number of esters is 1. The molecule has 0 spiro atoms. The normalized spacial score (nSPS) is 11.7. The summed E-state index contributed by atoms with van der Waals surface area (Å²) in [7, 11) is 0. The Morgan fingerprint density at radius 3 is 2.62 bits per heavy atom. The summed E-state index contributed by atoms with van der Waals surface area (Å²) in [4.78, 5) is 15.6. The fraction of sp³-hybridized carbons (Fsp3) is 0.250. The fourth-order valence-electron chi connectivity index (χ4n) is 1.72. The number of rotatable bonds is 6. The monoisotopic (exact) mass is 389 g/mol. The topological polar surface area (TPSA) is 57.7 Å². The molecular weight excluding hydrogens is 377 g/mol. The highest BCUT2D eigenvalue weighted by molar-refractivity contribution is 6.42. The molecular formula is C16H14Cl3NO4. The molecule has 1 unspecified atom stereocenters. The van der Waals surface area contributed by atoms with Gasteiger partial charge in [0.1, 0.15) is 16.5 Å². The number of hydrogen-bond acceptors (Lipinski definition) is 5. The highest BCUT2D eigenvalue weighted by atomic mass is 35.5. The minimum atomic E-state index is -0.779. The number of pyridine rings is 1. The predicted molar refractivity (Wildman–Crippen MR) is 92.5 cm³/mol. The molecule has 0 bridgehead atoms. The molecule has 1 atom stereocenters. The van der Waals surface area contributed by atoms with E-state index < -0.39 is 12.1 Å². The van der Waals surface area contributed by atoms with E-state index in [1.165, 1.54) is 12.3 Å². The zero-order valence-corrected chi connectivity index (χ0v) is 15.2. The van der Waals surface area contributed by atoms with Crippen molar-refractivity contribution in [1.29, 1.82) is 0 Å². The predicted octanol–water partition coefficient (Wildman–Crippen LogP) is 5.16. The second kappa shape index (κ2) is 8.42. The molecule has 0 radical (unpaired) electrons. The number of hydrogen-bond donors (Lipinski definition) is 0. The van der Waals surface area contributed by atoms with Crippen LogP contribution in [0.2, 0.25) is 15.1 Å². The highest BCUT2D eigenvalue weighted by Gasteiger charge is 2.18. The van der Waals surface area contributed by atoms with Gasteiger partial charge in [-0.2, -0.15) is 0 Å².